The number of anilines is 1. The van der Waals surface area contributed by atoms with Crippen LogP contribution in [0, 0.1) is 11.8 Å². The predicted octanol–water partition coefficient (Wildman–Crippen LogP) is 3.58. The Morgan fingerprint density at radius 1 is 1.29 bits per heavy atom. The van der Waals surface area contributed by atoms with E-state index in [1.54, 1.807) is 4.90 Å². The lowest BCUT2D eigenvalue weighted by Crippen LogP contribution is -2.40. The number of halogens is 3. The number of benzene rings is 1. The third kappa shape index (κ3) is 3.66. The van der Waals surface area contributed by atoms with Gasteiger partial charge in [0.25, 0.3) is 0 Å². The summed E-state index contributed by atoms with van der Waals surface area (Å²) in [5.41, 5.74) is 0.109. The van der Waals surface area contributed by atoms with E-state index in [1.807, 2.05) is 0 Å². The van der Waals surface area contributed by atoms with E-state index in [9.17, 15) is 17.2 Å². The van der Waals surface area contributed by atoms with Crippen LogP contribution in [0.2, 0.25) is 5.02 Å². The van der Waals surface area contributed by atoms with E-state index in [1.165, 1.54) is 24.3 Å². The Hall–Kier alpha value is -1.97. The van der Waals surface area contributed by atoms with Crippen molar-refractivity contribution < 1.29 is 26.7 Å². The molecule has 0 N–H and O–H groups in total. The Balaban J connectivity index is 1.81. The molecule has 10 heteroatoms. The highest BCUT2D eigenvalue weighted by Crippen LogP contribution is 2.44. The zero-order valence-corrected chi connectivity index (χ0v) is 16.3. The van der Waals surface area contributed by atoms with Gasteiger partial charge >= 0.3 is 0 Å². The summed E-state index contributed by atoms with van der Waals surface area (Å²) >= 11 is 5.99. The summed E-state index contributed by atoms with van der Waals surface area (Å²) in [6.07, 6.45) is 1.69. The van der Waals surface area contributed by atoms with Crippen molar-refractivity contribution in [3.05, 3.63) is 41.1 Å². The van der Waals surface area contributed by atoms with Gasteiger partial charge in [0.2, 0.25) is 11.8 Å². The number of rotatable bonds is 4. The van der Waals surface area contributed by atoms with Crippen LogP contribution in [0.5, 0.6) is 11.6 Å². The molecule has 1 aromatic heterocycles. The molecule has 0 aliphatic carbocycles. The Bertz CT molecular complexity index is 996. The molecular formula is C18H17ClF2N2O4S. The van der Waals surface area contributed by atoms with Gasteiger partial charge in [-0.05, 0) is 37.1 Å². The van der Waals surface area contributed by atoms with Crippen molar-refractivity contribution in [3.8, 4) is 11.6 Å². The fourth-order valence-corrected chi connectivity index (χ4v) is 5.41. The first kappa shape index (κ1) is 19.4. The van der Waals surface area contributed by atoms with Gasteiger partial charge in [0.05, 0.1) is 11.9 Å². The van der Waals surface area contributed by atoms with Gasteiger partial charge in [0.15, 0.2) is 9.84 Å². The second-order valence-corrected chi connectivity index (χ2v) is 9.08. The Morgan fingerprint density at radius 2 is 2.04 bits per heavy atom. The lowest BCUT2D eigenvalue weighted by molar-refractivity contribution is 0.115. The lowest BCUT2D eigenvalue weighted by atomic mass is 10.2. The lowest BCUT2D eigenvalue weighted by Gasteiger charge is -2.33. The van der Waals surface area contributed by atoms with Crippen LogP contribution >= 0.6 is 11.6 Å². The quantitative estimate of drug-likeness (QED) is 0.691. The Morgan fingerprint density at radius 3 is 2.71 bits per heavy atom. The van der Waals surface area contributed by atoms with E-state index in [0.717, 1.165) is 12.8 Å². The number of hydrogen-bond acceptors (Lipinski definition) is 6. The number of fused-ring (bicyclic) bond motifs is 1. The normalized spacial score (nSPS) is 20.8. The first-order chi connectivity index (χ1) is 13.3. The average molecular weight is 431 g/mol. The van der Waals surface area contributed by atoms with Crippen molar-refractivity contribution in [2.75, 3.05) is 30.3 Å². The molecule has 6 nitrogen and oxygen atoms in total. The van der Waals surface area contributed by atoms with E-state index >= 15 is 0 Å². The molecule has 2 aromatic rings. The smallest absolute Gasteiger partial charge is 0.247 e. The largest absolute Gasteiger partial charge is 0.437 e. The van der Waals surface area contributed by atoms with Gasteiger partial charge in [-0.25, -0.2) is 12.8 Å². The van der Waals surface area contributed by atoms with E-state index in [0.29, 0.717) is 13.2 Å². The zero-order valence-electron chi connectivity index (χ0n) is 14.7. The van der Waals surface area contributed by atoms with Crippen LogP contribution in [-0.4, -0.2) is 45.0 Å². The van der Waals surface area contributed by atoms with Crippen LogP contribution in [0.3, 0.4) is 0 Å². The molecule has 1 saturated heterocycles. The third-order valence-electron chi connectivity index (χ3n) is 4.73. The molecule has 2 aliphatic rings. The van der Waals surface area contributed by atoms with Crippen molar-refractivity contribution >= 4 is 27.1 Å². The average Bonchev–Trinajstić information content (AvgIpc) is 3.16. The molecule has 3 heterocycles. The minimum atomic E-state index is -3.82. The number of ether oxygens (including phenoxy) is 2. The second kappa shape index (κ2) is 7.46. The Labute approximate surface area is 165 Å². The van der Waals surface area contributed by atoms with Crippen LogP contribution in [-0.2, 0) is 14.6 Å². The maximum atomic E-state index is 14.3. The molecule has 0 radical (unpaired) electrons. The van der Waals surface area contributed by atoms with Crippen LogP contribution < -0.4 is 9.64 Å². The van der Waals surface area contributed by atoms with Gasteiger partial charge in [0, 0.05) is 19.7 Å². The van der Waals surface area contributed by atoms with Crippen molar-refractivity contribution in [3.63, 3.8) is 0 Å². The minimum Gasteiger partial charge on any atom is -0.437 e. The molecule has 28 heavy (non-hydrogen) atoms. The molecule has 1 aromatic carbocycles. The van der Waals surface area contributed by atoms with Crippen molar-refractivity contribution in [1.29, 1.82) is 0 Å². The van der Waals surface area contributed by atoms with Gasteiger partial charge in [-0.15, -0.1) is 0 Å². The molecule has 2 aliphatic heterocycles. The topological polar surface area (TPSA) is 68.7 Å². The molecule has 0 saturated carbocycles. The van der Waals surface area contributed by atoms with E-state index < -0.39 is 26.6 Å². The summed E-state index contributed by atoms with van der Waals surface area (Å²) in [7, 11) is -3.82. The predicted molar refractivity (Wildman–Crippen MR) is 98.9 cm³/mol. The summed E-state index contributed by atoms with van der Waals surface area (Å²) in [5.74, 6) is -1.85. The van der Waals surface area contributed by atoms with E-state index in [2.05, 4.69) is 4.98 Å². The van der Waals surface area contributed by atoms with E-state index in [4.69, 9.17) is 21.1 Å². The highest BCUT2D eigenvalue weighted by molar-refractivity contribution is 7.91. The standard InChI is InChI=1S/C18H17ClF2N2O4S/c19-14-16-15(18(22-17(14)21)27-12-5-3-11(20)4-6-12)23(7-9-28(16,24)25)10-13-2-1-8-26-13/h3-6,13H,1-2,7-10H2/t13-/m1/s1. The highest BCUT2D eigenvalue weighted by atomic mass is 35.5. The fraction of sp³-hybridized carbons (Fsp3) is 0.389. The molecule has 1 atom stereocenters. The maximum absolute atomic E-state index is 14.3. The van der Waals surface area contributed by atoms with Crippen LogP contribution in [0.25, 0.3) is 0 Å². The summed E-state index contributed by atoms with van der Waals surface area (Å²) in [6, 6.07) is 5.04. The van der Waals surface area contributed by atoms with Crippen molar-refractivity contribution in [2.24, 2.45) is 0 Å². The molecular weight excluding hydrogens is 414 g/mol. The highest BCUT2D eigenvalue weighted by Gasteiger charge is 2.38. The third-order valence-corrected chi connectivity index (χ3v) is 6.93. The van der Waals surface area contributed by atoms with E-state index in [-0.39, 0.29) is 40.6 Å². The first-order valence-corrected chi connectivity index (χ1v) is 10.8. The second-order valence-electron chi connectivity index (χ2n) is 6.66. The maximum Gasteiger partial charge on any atom is 0.247 e. The summed E-state index contributed by atoms with van der Waals surface area (Å²) in [6.45, 7) is 1.23. The fourth-order valence-electron chi connectivity index (χ4n) is 3.40. The van der Waals surface area contributed by atoms with Crippen LogP contribution in [0.4, 0.5) is 14.5 Å². The monoisotopic (exact) mass is 430 g/mol. The first-order valence-electron chi connectivity index (χ1n) is 8.77. The Kier molecular flexibility index (Phi) is 5.15. The number of pyridine rings is 1. The molecule has 0 spiro atoms. The molecule has 0 bridgehead atoms. The number of nitrogens with zero attached hydrogens (tertiary/aromatic N) is 2. The van der Waals surface area contributed by atoms with Gasteiger partial charge in [0.1, 0.15) is 27.2 Å². The minimum absolute atomic E-state index is 0.0730. The van der Waals surface area contributed by atoms with Crippen LogP contribution in [0.15, 0.2) is 29.2 Å². The summed E-state index contributed by atoms with van der Waals surface area (Å²) in [4.78, 5) is 5.16. The van der Waals surface area contributed by atoms with Gasteiger partial charge in [-0.2, -0.15) is 9.37 Å². The number of sulfone groups is 1. The summed E-state index contributed by atoms with van der Waals surface area (Å²) in [5, 5.41) is -0.557. The zero-order chi connectivity index (χ0) is 19.9. The number of hydrogen-bond donors (Lipinski definition) is 0. The van der Waals surface area contributed by atoms with Gasteiger partial charge in [-0.3, -0.25) is 0 Å². The molecule has 1 fully saturated rings. The molecule has 4 rings (SSSR count). The molecule has 0 amide bonds. The SMILES string of the molecule is O=S1(=O)CCN(C[C@H]2CCCO2)c2c(Oc3ccc(F)cc3)nc(F)c(Cl)c21. The van der Waals surface area contributed by atoms with Crippen molar-refractivity contribution in [1.82, 2.24) is 4.98 Å². The van der Waals surface area contributed by atoms with Gasteiger partial charge in [-0.1, -0.05) is 11.6 Å². The van der Waals surface area contributed by atoms with Crippen molar-refractivity contribution in [2.45, 2.75) is 23.8 Å². The number of aromatic nitrogens is 1. The van der Waals surface area contributed by atoms with Crippen LogP contribution in [0.1, 0.15) is 12.8 Å². The summed E-state index contributed by atoms with van der Waals surface area (Å²) < 4.78 is 64.0. The van der Waals surface area contributed by atoms with Gasteiger partial charge < -0.3 is 14.4 Å². The molecule has 150 valence electrons. The molecule has 0 unspecified atom stereocenters.